The molecule has 0 bridgehead atoms. The van der Waals surface area contributed by atoms with Gasteiger partial charge in [-0.15, -0.1) is 0 Å². The summed E-state index contributed by atoms with van der Waals surface area (Å²) < 4.78 is 37.3. The van der Waals surface area contributed by atoms with Crippen LogP contribution in [0.1, 0.15) is 12.5 Å². The molecule has 0 unspecified atom stereocenters. The Morgan fingerprint density at radius 1 is 1.12 bits per heavy atom. The van der Waals surface area contributed by atoms with Gasteiger partial charge in [0.25, 0.3) is 0 Å². The molecule has 1 atom stereocenters. The Balaban J connectivity index is 1.58. The predicted octanol–water partition coefficient (Wildman–Crippen LogP) is 1.40. The van der Waals surface area contributed by atoms with Gasteiger partial charge in [-0.1, -0.05) is 24.3 Å². The van der Waals surface area contributed by atoms with Crippen LogP contribution < -0.4 is 19.5 Å². The highest BCUT2D eigenvalue weighted by molar-refractivity contribution is 7.89. The van der Waals surface area contributed by atoms with Gasteiger partial charge >= 0.3 is 0 Å². The number of fused-ring (bicyclic) bond motifs is 1. The highest BCUT2D eigenvalue weighted by Crippen LogP contribution is 2.32. The molecule has 2 N–H and O–H groups in total. The highest BCUT2D eigenvalue weighted by atomic mass is 32.2. The summed E-state index contributed by atoms with van der Waals surface area (Å²) in [5.41, 5.74) is 0.829. The van der Waals surface area contributed by atoms with Gasteiger partial charge in [-0.3, -0.25) is 4.79 Å². The first-order valence-electron chi connectivity index (χ1n) is 7.69. The second kappa shape index (κ2) is 7.12. The van der Waals surface area contributed by atoms with Crippen LogP contribution in [0.3, 0.4) is 0 Å². The van der Waals surface area contributed by atoms with E-state index in [2.05, 4.69) is 10.0 Å². The number of ether oxygens (including phenoxy) is 2. The standard InChI is InChI=1S/C17H18N2O5S/c1-12(19-25(21,22)14-5-3-2-4-6-14)17(20)18-10-13-7-8-15-16(9-13)24-11-23-15/h2-9,12,19H,10-11H2,1H3,(H,18,20)/t12-/m1/s1. The Labute approximate surface area is 146 Å². The van der Waals surface area contributed by atoms with Crippen molar-refractivity contribution >= 4 is 15.9 Å². The van der Waals surface area contributed by atoms with E-state index in [0.717, 1.165) is 5.56 Å². The fourth-order valence-electron chi connectivity index (χ4n) is 2.35. The number of hydrogen-bond donors (Lipinski definition) is 2. The molecule has 3 rings (SSSR count). The minimum atomic E-state index is -3.74. The minimum absolute atomic E-state index is 0.116. The SMILES string of the molecule is C[C@@H](NS(=O)(=O)c1ccccc1)C(=O)NCc1ccc2c(c1)OCO2. The molecular formula is C17H18N2O5S. The molecule has 1 aliphatic heterocycles. The fraction of sp³-hybridized carbons (Fsp3) is 0.235. The Morgan fingerprint density at radius 2 is 1.84 bits per heavy atom. The molecule has 132 valence electrons. The van der Waals surface area contributed by atoms with Gasteiger partial charge < -0.3 is 14.8 Å². The maximum Gasteiger partial charge on any atom is 0.241 e. The number of carbonyl (C=O) groups excluding carboxylic acids is 1. The second-order valence-corrected chi connectivity index (χ2v) is 7.28. The van der Waals surface area contributed by atoms with Gasteiger partial charge in [0.1, 0.15) is 0 Å². The summed E-state index contributed by atoms with van der Waals surface area (Å²) in [6, 6.07) is 12.4. The summed E-state index contributed by atoms with van der Waals surface area (Å²) in [7, 11) is -3.74. The predicted molar refractivity (Wildman–Crippen MR) is 90.6 cm³/mol. The number of rotatable bonds is 6. The molecule has 1 heterocycles. The Hall–Kier alpha value is -2.58. The molecule has 0 saturated carbocycles. The number of benzene rings is 2. The molecule has 0 spiro atoms. The van der Waals surface area contributed by atoms with Crippen LogP contribution in [0.25, 0.3) is 0 Å². The maximum absolute atomic E-state index is 12.2. The number of sulfonamides is 1. The minimum Gasteiger partial charge on any atom is -0.454 e. The molecule has 7 nitrogen and oxygen atoms in total. The van der Waals surface area contributed by atoms with Gasteiger partial charge in [0.2, 0.25) is 22.7 Å². The Kier molecular flexibility index (Phi) is 4.91. The van der Waals surface area contributed by atoms with Crippen LogP contribution in [0.2, 0.25) is 0 Å². The summed E-state index contributed by atoms with van der Waals surface area (Å²) in [5.74, 6) is 0.876. The largest absolute Gasteiger partial charge is 0.454 e. The molecule has 0 aliphatic carbocycles. The molecule has 1 aliphatic rings. The molecule has 2 aromatic carbocycles. The lowest BCUT2D eigenvalue weighted by Crippen LogP contribution is -2.44. The third-order valence-electron chi connectivity index (χ3n) is 3.68. The zero-order chi connectivity index (χ0) is 17.9. The molecule has 8 heteroatoms. The van der Waals surface area contributed by atoms with E-state index in [1.54, 1.807) is 30.3 Å². The van der Waals surface area contributed by atoms with E-state index in [4.69, 9.17) is 9.47 Å². The zero-order valence-corrected chi connectivity index (χ0v) is 14.4. The molecule has 25 heavy (non-hydrogen) atoms. The summed E-state index contributed by atoms with van der Waals surface area (Å²) in [5, 5.41) is 2.70. The van der Waals surface area contributed by atoms with E-state index in [1.165, 1.54) is 19.1 Å². The van der Waals surface area contributed by atoms with Gasteiger partial charge in [-0.2, -0.15) is 4.72 Å². The molecule has 2 aromatic rings. The van der Waals surface area contributed by atoms with E-state index >= 15 is 0 Å². The lowest BCUT2D eigenvalue weighted by atomic mass is 10.2. The topological polar surface area (TPSA) is 93.7 Å². The van der Waals surface area contributed by atoms with Gasteiger partial charge in [0.15, 0.2) is 11.5 Å². The van der Waals surface area contributed by atoms with Crippen molar-refractivity contribution in [3.8, 4) is 11.5 Å². The first kappa shape index (κ1) is 17.2. The van der Waals surface area contributed by atoms with E-state index in [0.29, 0.717) is 11.5 Å². The van der Waals surface area contributed by atoms with Crippen LogP contribution in [0.4, 0.5) is 0 Å². The Bertz CT molecular complexity index is 868. The van der Waals surface area contributed by atoms with E-state index in [-0.39, 0.29) is 18.2 Å². The third-order valence-corrected chi connectivity index (χ3v) is 5.24. The first-order valence-corrected chi connectivity index (χ1v) is 9.17. The van der Waals surface area contributed by atoms with Crippen molar-refractivity contribution in [3.05, 3.63) is 54.1 Å². The molecule has 0 saturated heterocycles. The summed E-state index contributed by atoms with van der Waals surface area (Å²) in [6.45, 7) is 1.94. The van der Waals surface area contributed by atoms with Crippen LogP contribution in [-0.4, -0.2) is 27.2 Å². The molecular weight excluding hydrogens is 344 g/mol. The molecule has 1 amide bonds. The van der Waals surface area contributed by atoms with E-state index < -0.39 is 22.0 Å². The smallest absolute Gasteiger partial charge is 0.241 e. The van der Waals surface area contributed by atoms with Gasteiger partial charge in [0, 0.05) is 6.54 Å². The van der Waals surface area contributed by atoms with Crippen molar-refractivity contribution in [3.63, 3.8) is 0 Å². The van der Waals surface area contributed by atoms with Crippen molar-refractivity contribution in [1.29, 1.82) is 0 Å². The lowest BCUT2D eigenvalue weighted by molar-refractivity contribution is -0.122. The van der Waals surface area contributed by atoms with Crippen molar-refractivity contribution in [2.75, 3.05) is 6.79 Å². The molecule has 0 aromatic heterocycles. The van der Waals surface area contributed by atoms with E-state index in [9.17, 15) is 13.2 Å². The van der Waals surface area contributed by atoms with Crippen LogP contribution in [0, 0.1) is 0 Å². The fourth-order valence-corrected chi connectivity index (χ4v) is 3.57. The average Bonchev–Trinajstić information content (AvgIpc) is 3.07. The maximum atomic E-state index is 12.2. The number of hydrogen-bond acceptors (Lipinski definition) is 5. The first-order chi connectivity index (χ1) is 12.0. The van der Waals surface area contributed by atoms with Crippen molar-refractivity contribution in [2.24, 2.45) is 0 Å². The zero-order valence-electron chi connectivity index (χ0n) is 13.6. The second-order valence-electron chi connectivity index (χ2n) is 5.56. The number of amides is 1. The molecule has 0 fully saturated rings. The number of nitrogens with one attached hydrogen (secondary N) is 2. The van der Waals surface area contributed by atoms with Crippen LogP contribution in [0.15, 0.2) is 53.4 Å². The summed E-state index contributed by atoms with van der Waals surface area (Å²) in [6.07, 6.45) is 0. The van der Waals surface area contributed by atoms with Crippen molar-refractivity contribution in [2.45, 2.75) is 24.4 Å². The average molecular weight is 362 g/mol. The highest BCUT2D eigenvalue weighted by Gasteiger charge is 2.22. The normalized spacial score (nSPS) is 14.1. The van der Waals surface area contributed by atoms with E-state index in [1.807, 2.05) is 6.07 Å². The van der Waals surface area contributed by atoms with Crippen molar-refractivity contribution in [1.82, 2.24) is 10.0 Å². The van der Waals surface area contributed by atoms with Crippen molar-refractivity contribution < 1.29 is 22.7 Å². The van der Waals surface area contributed by atoms with Crippen LogP contribution >= 0.6 is 0 Å². The van der Waals surface area contributed by atoms with Crippen LogP contribution in [0.5, 0.6) is 11.5 Å². The van der Waals surface area contributed by atoms with Gasteiger partial charge in [0.05, 0.1) is 10.9 Å². The third kappa shape index (κ3) is 4.09. The Morgan fingerprint density at radius 3 is 2.60 bits per heavy atom. The van der Waals surface area contributed by atoms with Crippen LogP contribution in [-0.2, 0) is 21.4 Å². The number of carbonyl (C=O) groups is 1. The monoisotopic (exact) mass is 362 g/mol. The quantitative estimate of drug-likeness (QED) is 0.810. The van der Waals surface area contributed by atoms with Gasteiger partial charge in [-0.05, 0) is 36.8 Å². The van der Waals surface area contributed by atoms with Gasteiger partial charge in [-0.25, -0.2) is 8.42 Å². The summed E-state index contributed by atoms with van der Waals surface area (Å²) >= 11 is 0. The lowest BCUT2D eigenvalue weighted by Gasteiger charge is -2.14. The molecule has 0 radical (unpaired) electrons. The summed E-state index contributed by atoms with van der Waals surface area (Å²) in [4.78, 5) is 12.3.